The summed E-state index contributed by atoms with van der Waals surface area (Å²) in [7, 11) is 0. The van der Waals surface area contributed by atoms with Gasteiger partial charge in [0.1, 0.15) is 5.82 Å². The standard InChI is InChI=1S/C28H36N4O2S.ClH/c33-27-24-19-9-10-20(25(24)28(34)29-27)22(19)15-17-5-1-2-6-18(17)16-31-11-13-32(14-12-31)26-21-7-3-4-8-23(21)35-30-26;/h3-4,7-8,17-20,22,24-25H,1-2,5-6,9-16H2,(H,29,33,34);1H/t17-,18+,19-,20+,22?,24+,25-;/m1./s1. The van der Waals surface area contributed by atoms with E-state index in [9.17, 15) is 9.59 Å². The number of piperazine rings is 1. The van der Waals surface area contributed by atoms with Crippen molar-refractivity contribution in [2.24, 2.45) is 41.4 Å². The maximum absolute atomic E-state index is 12.5. The van der Waals surface area contributed by atoms with E-state index in [0.29, 0.717) is 17.8 Å². The summed E-state index contributed by atoms with van der Waals surface area (Å²) in [5, 5.41) is 3.93. The number of anilines is 1. The van der Waals surface area contributed by atoms with Crippen LogP contribution < -0.4 is 10.2 Å². The van der Waals surface area contributed by atoms with Gasteiger partial charge in [0.05, 0.1) is 16.5 Å². The molecule has 3 saturated carbocycles. The molecule has 0 spiro atoms. The van der Waals surface area contributed by atoms with Gasteiger partial charge in [-0.25, -0.2) is 0 Å². The molecule has 2 saturated heterocycles. The lowest BCUT2D eigenvalue weighted by atomic mass is 9.72. The van der Waals surface area contributed by atoms with Crippen molar-refractivity contribution >= 4 is 51.7 Å². The van der Waals surface area contributed by atoms with Gasteiger partial charge in [0.2, 0.25) is 11.8 Å². The SMILES string of the molecule is Cl.O=C1NC(=O)[C@H]2[C@@H]1[C@@H]1CC[C@H]2C1C[C@H]1CCCC[C@H]1CN1CCN(c2nsc3ccccc23)CC1. The van der Waals surface area contributed by atoms with E-state index in [0.717, 1.165) is 50.9 Å². The van der Waals surface area contributed by atoms with Gasteiger partial charge in [-0.2, -0.15) is 4.37 Å². The lowest BCUT2D eigenvalue weighted by Crippen LogP contribution is -2.49. The second-order valence-corrected chi connectivity index (χ2v) is 12.6. The number of rotatable bonds is 5. The van der Waals surface area contributed by atoms with E-state index < -0.39 is 0 Å². The molecule has 2 aromatic rings. The summed E-state index contributed by atoms with van der Waals surface area (Å²) >= 11 is 1.61. The first-order valence-corrected chi connectivity index (χ1v) is 14.6. The number of nitrogens with one attached hydrogen (secondary N) is 1. The Hall–Kier alpha value is -1.70. The van der Waals surface area contributed by atoms with Crippen molar-refractivity contribution in [2.75, 3.05) is 37.6 Å². The molecule has 2 aliphatic heterocycles. The molecule has 36 heavy (non-hydrogen) atoms. The van der Waals surface area contributed by atoms with Gasteiger partial charge in [-0.3, -0.25) is 19.8 Å². The van der Waals surface area contributed by atoms with Crippen LogP contribution in [0.25, 0.3) is 10.1 Å². The molecule has 1 aromatic heterocycles. The first-order chi connectivity index (χ1) is 17.2. The molecule has 0 radical (unpaired) electrons. The Kier molecular flexibility index (Phi) is 6.76. The molecule has 7 rings (SSSR count). The van der Waals surface area contributed by atoms with Crippen LogP contribution >= 0.6 is 23.9 Å². The summed E-state index contributed by atoms with van der Waals surface area (Å²) in [4.78, 5) is 30.1. The number of benzene rings is 1. The molecule has 3 aliphatic carbocycles. The van der Waals surface area contributed by atoms with Crippen molar-refractivity contribution < 1.29 is 9.59 Å². The van der Waals surface area contributed by atoms with Crippen LogP contribution in [0.15, 0.2) is 24.3 Å². The quantitative estimate of drug-likeness (QED) is 0.575. The van der Waals surface area contributed by atoms with Gasteiger partial charge in [0.15, 0.2) is 0 Å². The fraction of sp³-hybridized carbons (Fsp3) is 0.679. The zero-order valence-corrected chi connectivity index (χ0v) is 22.4. The molecule has 1 N–H and O–H groups in total. The summed E-state index contributed by atoms with van der Waals surface area (Å²) in [6.45, 7) is 5.55. The Morgan fingerprint density at radius 3 is 2.28 bits per heavy atom. The number of hydrogen-bond donors (Lipinski definition) is 1. The molecule has 7 atom stereocenters. The molecule has 194 valence electrons. The van der Waals surface area contributed by atoms with E-state index in [1.807, 2.05) is 0 Å². The van der Waals surface area contributed by atoms with Gasteiger partial charge < -0.3 is 4.90 Å². The number of aromatic nitrogens is 1. The maximum Gasteiger partial charge on any atom is 0.230 e. The fourth-order valence-electron chi connectivity index (χ4n) is 8.67. The Morgan fingerprint density at radius 1 is 0.889 bits per heavy atom. The molecule has 6 nitrogen and oxygen atoms in total. The van der Waals surface area contributed by atoms with Gasteiger partial charge >= 0.3 is 0 Å². The summed E-state index contributed by atoms with van der Waals surface area (Å²) in [6.07, 6.45) is 8.94. The summed E-state index contributed by atoms with van der Waals surface area (Å²) in [5.41, 5.74) is 0. The van der Waals surface area contributed by atoms with Gasteiger partial charge in [0, 0.05) is 38.1 Å². The largest absolute Gasteiger partial charge is 0.353 e. The number of nitrogens with zero attached hydrogens (tertiary/aromatic N) is 3. The Bertz CT molecular complexity index is 1100. The van der Waals surface area contributed by atoms with Gasteiger partial charge in [-0.15, -0.1) is 12.4 Å². The third-order valence-corrected chi connectivity index (χ3v) is 11.1. The monoisotopic (exact) mass is 528 g/mol. The van der Waals surface area contributed by atoms with Crippen LogP contribution in [0.2, 0.25) is 0 Å². The Balaban J connectivity index is 0.00000240. The lowest BCUT2D eigenvalue weighted by molar-refractivity contribution is -0.127. The number of carbonyl (C=O) groups excluding carboxylic acids is 2. The number of imide groups is 1. The van der Waals surface area contributed by atoms with E-state index in [2.05, 4.69) is 39.4 Å². The van der Waals surface area contributed by atoms with Crippen LogP contribution in [0, 0.1) is 41.4 Å². The minimum Gasteiger partial charge on any atom is -0.353 e. The summed E-state index contributed by atoms with van der Waals surface area (Å²) in [5.74, 6) is 4.24. The third kappa shape index (κ3) is 4.06. The van der Waals surface area contributed by atoms with E-state index in [1.165, 1.54) is 54.6 Å². The van der Waals surface area contributed by atoms with Crippen molar-refractivity contribution in [1.82, 2.24) is 14.6 Å². The van der Waals surface area contributed by atoms with E-state index >= 15 is 0 Å². The zero-order valence-electron chi connectivity index (χ0n) is 20.8. The molecule has 5 aliphatic rings. The second kappa shape index (κ2) is 9.88. The highest BCUT2D eigenvalue weighted by Crippen LogP contribution is 2.60. The Labute approximate surface area is 223 Å². The van der Waals surface area contributed by atoms with E-state index in [1.54, 1.807) is 11.5 Å². The third-order valence-electron chi connectivity index (χ3n) is 10.3. The normalized spacial score (nSPS) is 36.2. The molecule has 2 bridgehead atoms. The highest BCUT2D eigenvalue weighted by atomic mass is 35.5. The van der Waals surface area contributed by atoms with Crippen molar-refractivity contribution in [3.63, 3.8) is 0 Å². The molecular weight excluding hydrogens is 492 g/mol. The van der Waals surface area contributed by atoms with Crippen LogP contribution in [-0.2, 0) is 9.59 Å². The zero-order chi connectivity index (χ0) is 23.5. The maximum atomic E-state index is 12.5. The number of carbonyl (C=O) groups is 2. The van der Waals surface area contributed by atoms with Gasteiger partial charge in [-0.05, 0) is 78.9 Å². The average Bonchev–Trinajstić information content (AvgIpc) is 3.63. The molecule has 5 fully saturated rings. The number of halogens is 1. The highest BCUT2D eigenvalue weighted by molar-refractivity contribution is 7.13. The van der Waals surface area contributed by atoms with Gasteiger partial charge in [-0.1, -0.05) is 31.4 Å². The van der Waals surface area contributed by atoms with E-state index in [-0.39, 0.29) is 36.1 Å². The van der Waals surface area contributed by atoms with Crippen molar-refractivity contribution in [3.05, 3.63) is 24.3 Å². The van der Waals surface area contributed by atoms with E-state index in [4.69, 9.17) is 4.37 Å². The average molecular weight is 529 g/mol. The van der Waals surface area contributed by atoms with Crippen molar-refractivity contribution in [2.45, 2.75) is 44.9 Å². The molecule has 8 heteroatoms. The topological polar surface area (TPSA) is 65.5 Å². The highest BCUT2D eigenvalue weighted by Gasteiger charge is 2.62. The van der Waals surface area contributed by atoms with Crippen LogP contribution in [0.3, 0.4) is 0 Å². The van der Waals surface area contributed by atoms with Crippen LogP contribution in [0.4, 0.5) is 5.82 Å². The molecular formula is C28H37ClN4O2S. The number of amides is 2. The van der Waals surface area contributed by atoms with Crippen LogP contribution in [0.1, 0.15) is 44.9 Å². The molecule has 3 heterocycles. The van der Waals surface area contributed by atoms with Crippen LogP contribution in [0.5, 0.6) is 0 Å². The fourth-order valence-corrected chi connectivity index (χ4v) is 9.46. The smallest absolute Gasteiger partial charge is 0.230 e. The predicted molar refractivity (Wildman–Crippen MR) is 145 cm³/mol. The number of hydrogen-bond acceptors (Lipinski definition) is 6. The first-order valence-electron chi connectivity index (χ1n) is 13.8. The van der Waals surface area contributed by atoms with Crippen molar-refractivity contribution in [3.8, 4) is 0 Å². The summed E-state index contributed by atoms with van der Waals surface area (Å²) < 4.78 is 6.06. The van der Waals surface area contributed by atoms with Crippen LogP contribution in [-0.4, -0.2) is 53.8 Å². The van der Waals surface area contributed by atoms with Crippen molar-refractivity contribution in [1.29, 1.82) is 0 Å². The van der Waals surface area contributed by atoms with Gasteiger partial charge in [0.25, 0.3) is 0 Å². The lowest BCUT2D eigenvalue weighted by Gasteiger charge is -2.41. The summed E-state index contributed by atoms with van der Waals surface area (Å²) in [6, 6.07) is 8.58. The second-order valence-electron chi connectivity index (χ2n) is 11.8. The minimum atomic E-state index is -0.0110. The number of fused-ring (bicyclic) bond motifs is 6. The molecule has 1 unspecified atom stereocenters. The Morgan fingerprint density at radius 2 is 1.56 bits per heavy atom. The molecule has 2 amide bonds. The first kappa shape index (κ1) is 24.6. The minimum absolute atomic E-state index is 0. The molecule has 1 aromatic carbocycles. The predicted octanol–water partition coefficient (Wildman–Crippen LogP) is 4.58.